The van der Waals surface area contributed by atoms with Crippen LogP contribution in [0, 0.1) is 5.92 Å². The molecule has 2 aliphatic rings. The van der Waals surface area contributed by atoms with Gasteiger partial charge in [-0.3, -0.25) is 0 Å². The number of carbonyl (C=O) groups is 1. The van der Waals surface area contributed by atoms with E-state index in [1.807, 2.05) is 25.2 Å². The van der Waals surface area contributed by atoms with E-state index in [9.17, 15) is 4.79 Å². The van der Waals surface area contributed by atoms with Gasteiger partial charge in [0.25, 0.3) is 0 Å². The molecule has 0 N–H and O–H groups in total. The highest BCUT2D eigenvalue weighted by molar-refractivity contribution is 5.89. The third-order valence-electron chi connectivity index (χ3n) is 3.34. The molecule has 0 aromatic heterocycles. The van der Waals surface area contributed by atoms with E-state index in [2.05, 4.69) is 0 Å². The number of methoxy groups -OCH3 is 1. The fraction of sp³-hybridized carbons (Fsp3) is 0.438. The summed E-state index contributed by atoms with van der Waals surface area (Å²) in [4.78, 5) is 12.0. The topological polar surface area (TPSA) is 44.8 Å². The fourth-order valence-corrected chi connectivity index (χ4v) is 2.47. The van der Waals surface area contributed by atoms with E-state index >= 15 is 0 Å². The molecule has 0 heterocycles. The lowest BCUT2D eigenvalue weighted by Gasteiger charge is -2.28. The van der Waals surface area contributed by atoms with E-state index in [4.69, 9.17) is 14.2 Å². The molecule has 0 spiro atoms. The summed E-state index contributed by atoms with van der Waals surface area (Å²) in [6, 6.07) is 0. The second-order valence-electron chi connectivity index (χ2n) is 4.53. The van der Waals surface area contributed by atoms with Gasteiger partial charge in [-0.05, 0) is 32.4 Å². The Kier molecular flexibility index (Phi) is 4.66. The van der Waals surface area contributed by atoms with Crippen LogP contribution in [0.3, 0.4) is 0 Å². The molecule has 4 nitrogen and oxygen atoms in total. The van der Waals surface area contributed by atoms with Gasteiger partial charge in [-0.2, -0.15) is 0 Å². The van der Waals surface area contributed by atoms with Gasteiger partial charge in [-0.1, -0.05) is 12.2 Å². The molecule has 0 fully saturated rings. The molecule has 0 aromatic carbocycles. The molecule has 4 heteroatoms. The molecule has 108 valence electrons. The Morgan fingerprint density at radius 3 is 2.80 bits per heavy atom. The summed E-state index contributed by atoms with van der Waals surface area (Å²) >= 11 is 0. The summed E-state index contributed by atoms with van der Waals surface area (Å²) in [6.07, 6.45) is 8.24. The lowest BCUT2D eigenvalue weighted by molar-refractivity contribution is -0.138. The molecular weight excluding hydrogens is 256 g/mol. The molecule has 0 aromatic rings. The van der Waals surface area contributed by atoms with Gasteiger partial charge in [-0.15, -0.1) is 0 Å². The van der Waals surface area contributed by atoms with E-state index in [1.165, 1.54) is 0 Å². The summed E-state index contributed by atoms with van der Waals surface area (Å²) in [5.41, 5.74) is 1.68. The summed E-state index contributed by atoms with van der Waals surface area (Å²) in [5.74, 6) is 1.31. The Labute approximate surface area is 119 Å². The van der Waals surface area contributed by atoms with Crippen molar-refractivity contribution in [2.24, 2.45) is 5.92 Å². The lowest BCUT2D eigenvalue weighted by atomic mass is 9.82. The predicted octanol–water partition coefficient (Wildman–Crippen LogP) is 2.89. The Morgan fingerprint density at radius 2 is 2.15 bits per heavy atom. The zero-order valence-corrected chi connectivity index (χ0v) is 12.1. The van der Waals surface area contributed by atoms with Crippen LogP contribution < -0.4 is 0 Å². The molecule has 0 saturated heterocycles. The highest BCUT2D eigenvalue weighted by atomic mass is 16.5. The minimum atomic E-state index is -0.284. The second-order valence-corrected chi connectivity index (χ2v) is 4.53. The van der Waals surface area contributed by atoms with Crippen molar-refractivity contribution in [3.8, 4) is 0 Å². The van der Waals surface area contributed by atoms with Crippen molar-refractivity contribution in [3.63, 3.8) is 0 Å². The number of esters is 1. The molecule has 0 amide bonds. The Hall–Kier alpha value is -1.97. The minimum Gasteiger partial charge on any atom is -0.500 e. The standard InChI is InChI=1S/C16H20O4/c1-4-19-15-10-11(16(17)20-5-2)9-13-12(15)7-6-8-14(13)18-3/h6-8,10,13H,4-5,9H2,1-3H3. The van der Waals surface area contributed by atoms with Gasteiger partial charge in [0, 0.05) is 17.1 Å². The van der Waals surface area contributed by atoms with Crippen molar-refractivity contribution < 1.29 is 19.0 Å². The van der Waals surface area contributed by atoms with E-state index in [1.54, 1.807) is 20.1 Å². The fourth-order valence-electron chi connectivity index (χ4n) is 2.47. The van der Waals surface area contributed by atoms with Crippen LogP contribution in [0.4, 0.5) is 0 Å². The first-order chi connectivity index (χ1) is 9.71. The first-order valence-corrected chi connectivity index (χ1v) is 6.88. The van der Waals surface area contributed by atoms with Crippen LogP contribution in [0.15, 0.2) is 47.0 Å². The number of fused-ring (bicyclic) bond motifs is 1. The summed E-state index contributed by atoms with van der Waals surface area (Å²) in [5, 5.41) is 0. The number of carbonyl (C=O) groups excluding carboxylic acids is 1. The van der Waals surface area contributed by atoms with Crippen molar-refractivity contribution in [2.45, 2.75) is 20.3 Å². The molecule has 20 heavy (non-hydrogen) atoms. The van der Waals surface area contributed by atoms with Crippen molar-refractivity contribution in [1.29, 1.82) is 0 Å². The zero-order valence-electron chi connectivity index (χ0n) is 12.1. The van der Waals surface area contributed by atoms with Crippen LogP contribution in [0.1, 0.15) is 20.3 Å². The summed E-state index contributed by atoms with van der Waals surface area (Å²) < 4.78 is 16.2. The quantitative estimate of drug-likeness (QED) is 0.724. The normalized spacial score (nSPS) is 20.9. The van der Waals surface area contributed by atoms with Gasteiger partial charge in [0.1, 0.15) is 11.5 Å². The average Bonchev–Trinajstić information content (AvgIpc) is 2.47. The number of hydrogen-bond donors (Lipinski definition) is 0. The van der Waals surface area contributed by atoms with Crippen LogP contribution in [0.2, 0.25) is 0 Å². The average molecular weight is 276 g/mol. The van der Waals surface area contributed by atoms with Gasteiger partial charge in [-0.25, -0.2) is 4.79 Å². The molecule has 2 aliphatic carbocycles. The zero-order chi connectivity index (χ0) is 14.5. The van der Waals surface area contributed by atoms with Crippen molar-refractivity contribution >= 4 is 5.97 Å². The van der Waals surface area contributed by atoms with E-state index in [0.29, 0.717) is 25.2 Å². The van der Waals surface area contributed by atoms with Crippen molar-refractivity contribution in [2.75, 3.05) is 20.3 Å². The summed E-state index contributed by atoms with van der Waals surface area (Å²) in [6.45, 7) is 4.65. The van der Waals surface area contributed by atoms with Crippen LogP contribution in [0.25, 0.3) is 0 Å². The van der Waals surface area contributed by atoms with Crippen molar-refractivity contribution in [1.82, 2.24) is 0 Å². The SMILES string of the molecule is CCOC(=O)C1=CC(OCC)=C2C=CC=C(OC)C2C1. The molecule has 0 aliphatic heterocycles. The Morgan fingerprint density at radius 1 is 1.35 bits per heavy atom. The van der Waals surface area contributed by atoms with Crippen LogP contribution in [0.5, 0.6) is 0 Å². The largest absolute Gasteiger partial charge is 0.500 e. The first kappa shape index (κ1) is 14.4. The number of ether oxygens (including phenoxy) is 3. The highest BCUT2D eigenvalue weighted by Crippen LogP contribution is 2.38. The molecule has 0 saturated carbocycles. The smallest absolute Gasteiger partial charge is 0.334 e. The second kappa shape index (κ2) is 6.46. The monoisotopic (exact) mass is 276 g/mol. The third kappa shape index (κ3) is 2.79. The maximum absolute atomic E-state index is 12.0. The molecular formula is C16H20O4. The van der Waals surface area contributed by atoms with Gasteiger partial charge in [0.2, 0.25) is 0 Å². The van der Waals surface area contributed by atoms with E-state index in [0.717, 1.165) is 17.1 Å². The Bertz CT molecular complexity index is 509. The summed E-state index contributed by atoms with van der Waals surface area (Å²) in [7, 11) is 1.64. The maximum Gasteiger partial charge on any atom is 0.334 e. The predicted molar refractivity (Wildman–Crippen MR) is 75.7 cm³/mol. The van der Waals surface area contributed by atoms with Gasteiger partial charge in [0.15, 0.2) is 0 Å². The van der Waals surface area contributed by atoms with Crippen LogP contribution >= 0.6 is 0 Å². The lowest BCUT2D eigenvalue weighted by Crippen LogP contribution is -2.21. The van der Waals surface area contributed by atoms with E-state index in [-0.39, 0.29) is 11.9 Å². The van der Waals surface area contributed by atoms with Gasteiger partial charge >= 0.3 is 5.97 Å². The number of rotatable bonds is 5. The first-order valence-electron chi connectivity index (χ1n) is 6.88. The van der Waals surface area contributed by atoms with Crippen LogP contribution in [-0.2, 0) is 19.0 Å². The van der Waals surface area contributed by atoms with E-state index < -0.39 is 0 Å². The molecule has 1 unspecified atom stereocenters. The van der Waals surface area contributed by atoms with Crippen molar-refractivity contribution in [3.05, 3.63) is 47.0 Å². The number of hydrogen-bond acceptors (Lipinski definition) is 4. The Balaban J connectivity index is 2.37. The van der Waals surface area contributed by atoms with Gasteiger partial charge in [0.05, 0.1) is 20.3 Å². The van der Waals surface area contributed by atoms with Crippen LogP contribution in [-0.4, -0.2) is 26.3 Å². The third-order valence-corrected chi connectivity index (χ3v) is 3.34. The highest BCUT2D eigenvalue weighted by Gasteiger charge is 2.31. The minimum absolute atomic E-state index is 0.0240. The molecule has 2 rings (SSSR count). The molecule has 0 bridgehead atoms. The number of allylic oxidation sites excluding steroid dienone is 5. The maximum atomic E-state index is 12.0. The van der Waals surface area contributed by atoms with Gasteiger partial charge < -0.3 is 14.2 Å². The molecule has 1 atom stereocenters. The molecule has 0 radical (unpaired) electrons.